The molecule has 0 amide bonds. The maximum atomic E-state index is 14.0. The highest BCUT2D eigenvalue weighted by molar-refractivity contribution is 6.33. The van der Waals surface area contributed by atoms with Crippen LogP contribution < -0.4 is 16.6 Å². The largest absolute Gasteiger partial charge is 0.354 e. The summed E-state index contributed by atoms with van der Waals surface area (Å²) < 4.78 is 1.84. The van der Waals surface area contributed by atoms with Crippen LogP contribution in [0.25, 0.3) is 33.4 Å². The molecule has 5 rings (SSSR count). The smallest absolute Gasteiger partial charge is 0.260 e. The molecule has 1 fully saturated rings. The zero-order valence-corrected chi connectivity index (χ0v) is 20.7. The van der Waals surface area contributed by atoms with E-state index in [0.717, 1.165) is 48.0 Å². The second kappa shape index (κ2) is 9.76. The number of pyridine rings is 2. The third-order valence-corrected chi connectivity index (χ3v) is 6.97. The molecule has 4 aromatic rings. The van der Waals surface area contributed by atoms with Crippen LogP contribution in [0.15, 0.2) is 53.5 Å². The fourth-order valence-electron chi connectivity index (χ4n) is 4.85. The lowest BCUT2D eigenvalue weighted by molar-refractivity contribution is 0.324. The molecule has 3 aromatic heterocycles. The van der Waals surface area contributed by atoms with Crippen LogP contribution in [-0.4, -0.2) is 32.1 Å². The molecule has 1 aromatic carbocycles. The third kappa shape index (κ3) is 4.66. The van der Waals surface area contributed by atoms with Crippen molar-refractivity contribution in [3.8, 4) is 22.4 Å². The van der Waals surface area contributed by atoms with Crippen LogP contribution in [0.3, 0.4) is 0 Å². The monoisotopic (exact) mass is 488 g/mol. The van der Waals surface area contributed by atoms with Crippen molar-refractivity contribution < 1.29 is 0 Å². The molecule has 0 spiro atoms. The topological polar surface area (TPSA) is 98.7 Å². The van der Waals surface area contributed by atoms with Gasteiger partial charge < -0.3 is 11.1 Å². The summed E-state index contributed by atoms with van der Waals surface area (Å²) in [5.41, 5.74) is 10.6. The van der Waals surface area contributed by atoms with Gasteiger partial charge >= 0.3 is 0 Å². The van der Waals surface area contributed by atoms with Gasteiger partial charge in [0, 0.05) is 57.6 Å². The summed E-state index contributed by atoms with van der Waals surface area (Å²) in [7, 11) is 0. The Balaban J connectivity index is 1.66. The van der Waals surface area contributed by atoms with Crippen LogP contribution >= 0.6 is 11.6 Å². The predicted octanol–water partition coefficient (Wildman–Crippen LogP) is 5.36. The van der Waals surface area contributed by atoms with Gasteiger partial charge in [-0.05, 0) is 63.8 Å². The van der Waals surface area contributed by atoms with Gasteiger partial charge in [-0.15, -0.1) is 0 Å². The van der Waals surface area contributed by atoms with Gasteiger partial charge in [-0.3, -0.25) is 14.3 Å². The first-order chi connectivity index (χ1) is 16.9. The average molecular weight is 489 g/mol. The number of hydrogen-bond acceptors (Lipinski definition) is 6. The molecule has 0 saturated heterocycles. The molecule has 1 aliphatic rings. The van der Waals surface area contributed by atoms with E-state index >= 15 is 0 Å². The zero-order valence-electron chi connectivity index (χ0n) is 20.0. The first-order valence-corrected chi connectivity index (χ1v) is 12.5. The summed E-state index contributed by atoms with van der Waals surface area (Å²) in [6.45, 7) is 4.65. The standard InChI is InChI=1S/C27H29ClN6O/c1-3-30-27-31-15-18-13-22(26(35)34(25(18)33-27)20-10-8-19(29)9-11-20)21-12-7-17(14-23(21)28)24-6-4-5-16(2)32-24/h4-7,12-15,19-20H,3,8-11,29H2,1-2H3,(H,30,31,33)/t19-,20-. The van der Waals surface area contributed by atoms with Crippen molar-refractivity contribution >= 4 is 28.6 Å². The van der Waals surface area contributed by atoms with Gasteiger partial charge in [-0.1, -0.05) is 29.8 Å². The summed E-state index contributed by atoms with van der Waals surface area (Å²) in [6, 6.07) is 13.7. The number of fused-ring (bicyclic) bond motifs is 1. The van der Waals surface area contributed by atoms with E-state index in [9.17, 15) is 4.79 Å². The molecule has 8 heteroatoms. The number of hydrogen-bond donors (Lipinski definition) is 2. The van der Waals surface area contributed by atoms with Crippen molar-refractivity contribution in [3.05, 3.63) is 69.7 Å². The van der Waals surface area contributed by atoms with Gasteiger partial charge in [-0.25, -0.2) is 4.98 Å². The van der Waals surface area contributed by atoms with Gasteiger partial charge in [0.25, 0.3) is 5.56 Å². The maximum absolute atomic E-state index is 14.0. The number of anilines is 1. The molecule has 1 aliphatic carbocycles. The molecule has 0 aliphatic heterocycles. The van der Waals surface area contributed by atoms with Crippen LogP contribution in [0, 0.1) is 6.92 Å². The minimum atomic E-state index is -0.0950. The SMILES string of the molecule is CCNc1ncc2cc(-c3ccc(-c4cccc(C)n4)cc3Cl)c(=O)n([C@H]3CC[C@H](N)CC3)c2n1. The Kier molecular flexibility index (Phi) is 6.54. The Morgan fingerprint density at radius 1 is 1.09 bits per heavy atom. The lowest BCUT2D eigenvalue weighted by Crippen LogP contribution is -2.33. The van der Waals surface area contributed by atoms with E-state index in [1.807, 2.05) is 60.9 Å². The fourth-order valence-corrected chi connectivity index (χ4v) is 5.13. The lowest BCUT2D eigenvalue weighted by atomic mass is 9.91. The zero-order chi connectivity index (χ0) is 24.5. The van der Waals surface area contributed by atoms with Crippen molar-refractivity contribution in [1.29, 1.82) is 0 Å². The molecule has 0 bridgehead atoms. The minimum Gasteiger partial charge on any atom is -0.354 e. The molecular formula is C27H29ClN6O. The average Bonchev–Trinajstić information content (AvgIpc) is 2.85. The Bertz CT molecular complexity index is 1440. The van der Waals surface area contributed by atoms with Crippen LogP contribution in [0.1, 0.15) is 44.3 Å². The van der Waals surface area contributed by atoms with Gasteiger partial charge in [0.2, 0.25) is 5.95 Å². The van der Waals surface area contributed by atoms with Crippen molar-refractivity contribution in [3.63, 3.8) is 0 Å². The van der Waals surface area contributed by atoms with Crippen molar-refractivity contribution in [2.75, 3.05) is 11.9 Å². The van der Waals surface area contributed by atoms with E-state index in [2.05, 4.69) is 15.3 Å². The van der Waals surface area contributed by atoms with Gasteiger partial charge in [-0.2, -0.15) is 4.98 Å². The molecule has 3 heterocycles. The number of rotatable bonds is 5. The Hall–Kier alpha value is -3.29. The van der Waals surface area contributed by atoms with E-state index in [4.69, 9.17) is 22.3 Å². The lowest BCUT2D eigenvalue weighted by Gasteiger charge is -2.29. The highest BCUT2D eigenvalue weighted by Crippen LogP contribution is 2.34. The summed E-state index contributed by atoms with van der Waals surface area (Å²) in [5, 5.41) is 4.46. The number of aryl methyl sites for hydroxylation is 1. The van der Waals surface area contributed by atoms with E-state index in [-0.39, 0.29) is 17.6 Å². The van der Waals surface area contributed by atoms with Crippen molar-refractivity contribution in [1.82, 2.24) is 19.5 Å². The van der Waals surface area contributed by atoms with Crippen molar-refractivity contribution in [2.45, 2.75) is 51.6 Å². The molecule has 180 valence electrons. The summed E-state index contributed by atoms with van der Waals surface area (Å²) in [4.78, 5) is 27.7. The first kappa shape index (κ1) is 23.5. The summed E-state index contributed by atoms with van der Waals surface area (Å²) >= 11 is 6.77. The molecular weight excluding hydrogens is 460 g/mol. The minimum absolute atomic E-state index is 0.0312. The van der Waals surface area contributed by atoms with Crippen LogP contribution in [-0.2, 0) is 0 Å². The number of aromatic nitrogens is 4. The number of nitrogens with zero attached hydrogens (tertiary/aromatic N) is 4. The highest BCUT2D eigenvalue weighted by atomic mass is 35.5. The van der Waals surface area contributed by atoms with E-state index in [0.29, 0.717) is 34.3 Å². The highest BCUT2D eigenvalue weighted by Gasteiger charge is 2.25. The molecule has 0 radical (unpaired) electrons. The molecule has 1 saturated carbocycles. The van der Waals surface area contributed by atoms with Crippen molar-refractivity contribution in [2.24, 2.45) is 5.73 Å². The summed E-state index contributed by atoms with van der Waals surface area (Å²) in [6.07, 6.45) is 5.21. The van der Waals surface area contributed by atoms with Gasteiger partial charge in [0.05, 0.1) is 5.69 Å². The number of benzene rings is 1. The number of nitrogens with two attached hydrogens (primary N) is 1. The second-order valence-electron chi connectivity index (χ2n) is 9.16. The maximum Gasteiger partial charge on any atom is 0.260 e. The Morgan fingerprint density at radius 2 is 1.89 bits per heavy atom. The summed E-state index contributed by atoms with van der Waals surface area (Å²) in [5.74, 6) is 0.515. The molecule has 0 atom stereocenters. The quantitative estimate of drug-likeness (QED) is 0.392. The molecule has 35 heavy (non-hydrogen) atoms. The van der Waals surface area contributed by atoms with Crippen LogP contribution in [0.2, 0.25) is 5.02 Å². The second-order valence-corrected chi connectivity index (χ2v) is 9.57. The van der Waals surface area contributed by atoms with Gasteiger partial charge in [0.15, 0.2) is 0 Å². The predicted molar refractivity (Wildman–Crippen MR) is 142 cm³/mol. The normalized spacial score (nSPS) is 18.1. The van der Waals surface area contributed by atoms with Crippen LogP contribution in [0.5, 0.6) is 0 Å². The Morgan fingerprint density at radius 3 is 2.60 bits per heavy atom. The third-order valence-electron chi connectivity index (χ3n) is 6.66. The number of nitrogens with one attached hydrogen (secondary N) is 1. The number of halogens is 1. The molecule has 3 N–H and O–H groups in total. The van der Waals surface area contributed by atoms with E-state index in [1.54, 1.807) is 6.20 Å². The first-order valence-electron chi connectivity index (χ1n) is 12.1. The van der Waals surface area contributed by atoms with E-state index < -0.39 is 0 Å². The molecule has 0 unspecified atom stereocenters. The molecule has 7 nitrogen and oxygen atoms in total. The van der Waals surface area contributed by atoms with Gasteiger partial charge in [0.1, 0.15) is 5.65 Å². The van der Waals surface area contributed by atoms with E-state index in [1.165, 1.54) is 0 Å². The van der Waals surface area contributed by atoms with Crippen LogP contribution in [0.4, 0.5) is 5.95 Å². The Labute approximate surface area is 209 Å². The fraction of sp³-hybridized carbons (Fsp3) is 0.333.